The maximum Gasteiger partial charge on any atom is 0.326 e. The maximum absolute atomic E-state index is 12.1. The van der Waals surface area contributed by atoms with E-state index in [9.17, 15) is 14.4 Å². The molecule has 0 fully saturated rings. The van der Waals surface area contributed by atoms with Gasteiger partial charge >= 0.3 is 11.9 Å². The summed E-state index contributed by atoms with van der Waals surface area (Å²) >= 11 is 0. The molecule has 19 heavy (non-hydrogen) atoms. The molecule has 0 unspecified atom stereocenters. The third-order valence-electron chi connectivity index (χ3n) is 3.38. The Kier molecular flexibility index (Phi) is 5.49. The number of carboxylic acids is 1. The second-order valence-electron chi connectivity index (χ2n) is 5.49. The molecular weight excluding hydrogens is 252 g/mol. The van der Waals surface area contributed by atoms with E-state index in [4.69, 9.17) is 10.8 Å². The number of rotatable bonds is 6. The van der Waals surface area contributed by atoms with E-state index in [-0.39, 0.29) is 0 Å². The fourth-order valence-corrected chi connectivity index (χ4v) is 1.08. The molecule has 4 N–H and O–H groups in total. The zero-order chi connectivity index (χ0) is 15.4. The van der Waals surface area contributed by atoms with Gasteiger partial charge in [0.25, 0.3) is 0 Å². The van der Waals surface area contributed by atoms with Crippen molar-refractivity contribution >= 4 is 17.8 Å². The molecule has 1 amide bonds. The van der Waals surface area contributed by atoms with Crippen molar-refractivity contribution in [1.29, 1.82) is 0 Å². The summed E-state index contributed by atoms with van der Waals surface area (Å²) < 4.78 is 4.39. The monoisotopic (exact) mass is 274 g/mol. The summed E-state index contributed by atoms with van der Waals surface area (Å²) in [6.07, 6.45) is -0.432. The van der Waals surface area contributed by atoms with Crippen LogP contribution in [0.3, 0.4) is 0 Å². The standard InChI is InChI=1S/C12H22N2O5/c1-11(2,12(3,4)13)10(18)14-7(9(16)17)6-8(15)19-5/h7H,6,13H2,1-5H3,(H,14,18)(H,16,17)/t7-/m0/s1. The van der Waals surface area contributed by atoms with Gasteiger partial charge in [0, 0.05) is 5.54 Å². The van der Waals surface area contributed by atoms with Crippen LogP contribution in [0.25, 0.3) is 0 Å². The van der Waals surface area contributed by atoms with Gasteiger partial charge in [0.15, 0.2) is 0 Å². The van der Waals surface area contributed by atoms with Crippen LogP contribution in [-0.4, -0.2) is 41.6 Å². The number of esters is 1. The van der Waals surface area contributed by atoms with Crippen molar-refractivity contribution in [3.05, 3.63) is 0 Å². The number of hydrogen-bond donors (Lipinski definition) is 3. The number of amides is 1. The summed E-state index contributed by atoms with van der Waals surface area (Å²) in [5.41, 5.74) is 4.06. The van der Waals surface area contributed by atoms with Crippen LogP contribution in [0.5, 0.6) is 0 Å². The first kappa shape index (κ1) is 17.4. The molecule has 0 aromatic heterocycles. The molecule has 0 aliphatic heterocycles. The fourth-order valence-electron chi connectivity index (χ4n) is 1.08. The molecule has 0 saturated carbocycles. The number of carboxylic acid groups (broad SMARTS) is 1. The van der Waals surface area contributed by atoms with Gasteiger partial charge in [0.2, 0.25) is 5.91 Å². The summed E-state index contributed by atoms with van der Waals surface area (Å²) in [5.74, 6) is -2.54. The molecule has 0 aliphatic rings. The van der Waals surface area contributed by atoms with E-state index in [2.05, 4.69) is 10.1 Å². The van der Waals surface area contributed by atoms with Gasteiger partial charge in [-0.15, -0.1) is 0 Å². The fraction of sp³-hybridized carbons (Fsp3) is 0.750. The van der Waals surface area contributed by atoms with Gasteiger partial charge in [-0.25, -0.2) is 4.79 Å². The number of ether oxygens (including phenoxy) is 1. The highest BCUT2D eigenvalue weighted by Gasteiger charge is 2.42. The van der Waals surface area contributed by atoms with Gasteiger partial charge in [0.1, 0.15) is 6.04 Å². The second-order valence-corrected chi connectivity index (χ2v) is 5.49. The molecule has 0 heterocycles. The Morgan fingerprint density at radius 3 is 2.05 bits per heavy atom. The number of carbonyl (C=O) groups is 3. The molecule has 0 aromatic rings. The average Bonchev–Trinajstić information content (AvgIpc) is 2.25. The van der Waals surface area contributed by atoms with E-state index in [0.717, 1.165) is 7.11 Å². The number of nitrogens with two attached hydrogens (primary N) is 1. The average molecular weight is 274 g/mol. The van der Waals surface area contributed by atoms with E-state index in [0.29, 0.717) is 0 Å². The number of methoxy groups -OCH3 is 1. The first-order valence-electron chi connectivity index (χ1n) is 5.83. The van der Waals surface area contributed by atoms with E-state index in [1.165, 1.54) is 0 Å². The molecule has 0 rings (SSSR count). The van der Waals surface area contributed by atoms with Gasteiger partial charge in [-0.3, -0.25) is 9.59 Å². The Hall–Kier alpha value is -1.63. The lowest BCUT2D eigenvalue weighted by Crippen LogP contribution is -2.58. The van der Waals surface area contributed by atoms with Gasteiger partial charge in [-0.05, 0) is 27.7 Å². The molecule has 0 saturated heterocycles. The van der Waals surface area contributed by atoms with Crippen molar-refractivity contribution in [3.8, 4) is 0 Å². The number of carbonyl (C=O) groups excluding carboxylic acids is 2. The molecule has 0 aromatic carbocycles. The first-order valence-corrected chi connectivity index (χ1v) is 5.83. The molecule has 0 aliphatic carbocycles. The Morgan fingerprint density at radius 1 is 1.26 bits per heavy atom. The molecule has 0 bridgehead atoms. The third-order valence-corrected chi connectivity index (χ3v) is 3.38. The van der Waals surface area contributed by atoms with E-state index in [1.54, 1.807) is 27.7 Å². The lowest BCUT2D eigenvalue weighted by molar-refractivity contribution is -0.150. The molecular formula is C12H22N2O5. The van der Waals surface area contributed by atoms with Gasteiger partial charge < -0.3 is 20.9 Å². The summed E-state index contributed by atoms with van der Waals surface area (Å²) in [4.78, 5) is 34.2. The molecule has 1 atom stereocenters. The van der Waals surface area contributed by atoms with Crippen molar-refractivity contribution in [2.45, 2.75) is 45.7 Å². The predicted octanol–water partition coefficient (Wildman–Crippen LogP) is -0.118. The van der Waals surface area contributed by atoms with Crippen LogP contribution >= 0.6 is 0 Å². The molecule has 7 heteroatoms. The smallest absolute Gasteiger partial charge is 0.326 e. The minimum Gasteiger partial charge on any atom is -0.480 e. The normalized spacial score (nSPS) is 13.6. The van der Waals surface area contributed by atoms with Crippen molar-refractivity contribution in [3.63, 3.8) is 0 Å². The van der Waals surface area contributed by atoms with E-state index in [1.807, 2.05) is 0 Å². The Morgan fingerprint density at radius 2 is 1.74 bits per heavy atom. The van der Waals surface area contributed by atoms with Crippen molar-refractivity contribution < 1.29 is 24.2 Å². The Balaban J connectivity index is 4.93. The van der Waals surface area contributed by atoms with Crippen LogP contribution in [-0.2, 0) is 19.1 Å². The van der Waals surface area contributed by atoms with Gasteiger partial charge in [0.05, 0.1) is 18.9 Å². The highest BCUT2D eigenvalue weighted by Crippen LogP contribution is 2.28. The minimum atomic E-state index is -1.33. The zero-order valence-corrected chi connectivity index (χ0v) is 11.9. The highest BCUT2D eigenvalue weighted by atomic mass is 16.5. The zero-order valence-electron chi connectivity index (χ0n) is 11.9. The van der Waals surface area contributed by atoms with E-state index >= 15 is 0 Å². The number of nitrogens with one attached hydrogen (secondary N) is 1. The van der Waals surface area contributed by atoms with E-state index < -0.39 is 41.3 Å². The van der Waals surface area contributed by atoms with Crippen molar-refractivity contribution in [2.75, 3.05) is 7.11 Å². The summed E-state index contributed by atoms with van der Waals surface area (Å²) in [6.45, 7) is 6.56. The van der Waals surface area contributed by atoms with Crippen LogP contribution in [0.1, 0.15) is 34.1 Å². The van der Waals surface area contributed by atoms with Crippen molar-refractivity contribution in [1.82, 2.24) is 5.32 Å². The van der Waals surface area contributed by atoms with Crippen molar-refractivity contribution in [2.24, 2.45) is 11.1 Å². The molecule has 7 nitrogen and oxygen atoms in total. The Bertz CT molecular complexity index is 371. The van der Waals surface area contributed by atoms with Crippen LogP contribution in [0, 0.1) is 5.41 Å². The van der Waals surface area contributed by atoms with Crippen LogP contribution in [0.15, 0.2) is 0 Å². The van der Waals surface area contributed by atoms with Crippen LogP contribution < -0.4 is 11.1 Å². The summed E-state index contributed by atoms with van der Waals surface area (Å²) in [5, 5.41) is 11.3. The SMILES string of the molecule is COC(=O)C[C@H](NC(=O)C(C)(C)C(C)(C)N)C(=O)O. The maximum atomic E-state index is 12.1. The number of hydrogen-bond acceptors (Lipinski definition) is 5. The van der Waals surface area contributed by atoms with Crippen LogP contribution in [0.2, 0.25) is 0 Å². The summed E-state index contributed by atoms with van der Waals surface area (Å²) in [6, 6.07) is -1.33. The predicted molar refractivity (Wildman–Crippen MR) is 68.2 cm³/mol. The topological polar surface area (TPSA) is 119 Å². The largest absolute Gasteiger partial charge is 0.480 e. The molecule has 0 radical (unpaired) electrons. The Labute approximate surface area is 112 Å². The first-order chi connectivity index (χ1) is 8.43. The second kappa shape index (κ2) is 6.01. The number of aliphatic carboxylic acids is 1. The molecule has 110 valence electrons. The lowest BCUT2D eigenvalue weighted by Gasteiger charge is -2.37. The minimum absolute atomic E-state index is 0.432. The van der Waals surface area contributed by atoms with Gasteiger partial charge in [-0.1, -0.05) is 0 Å². The third kappa shape index (κ3) is 4.51. The lowest BCUT2D eigenvalue weighted by atomic mass is 9.74. The van der Waals surface area contributed by atoms with Gasteiger partial charge in [-0.2, -0.15) is 0 Å². The quantitative estimate of drug-likeness (QED) is 0.581. The van der Waals surface area contributed by atoms with Crippen LogP contribution in [0.4, 0.5) is 0 Å². The summed E-state index contributed by atoms with van der Waals surface area (Å²) in [7, 11) is 1.15. The molecule has 0 spiro atoms. The highest BCUT2D eigenvalue weighted by molar-refractivity contribution is 5.90.